The van der Waals surface area contributed by atoms with E-state index in [1.54, 1.807) is 20.9 Å². The molecule has 4 nitrogen and oxygen atoms in total. The molecule has 1 N–H and O–H groups in total. The van der Waals surface area contributed by atoms with Gasteiger partial charge in [0.1, 0.15) is 5.54 Å². The zero-order valence-corrected chi connectivity index (χ0v) is 11.0. The number of carbonyl (C=O) groups is 2. The molecule has 1 aliphatic carbocycles. The predicted octanol–water partition coefficient (Wildman–Crippen LogP) is 2.28. The molecule has 0 saturated heterocycles. The number of carboxylic acids is 1. The van der Waals surface area contributed by atoms with E-state index in [-0.39, 0.29) is 5.91 Å². The summed E-state index contributed by atoms with van der Waals surface area (Å²) in [5, 5.41) is 9.07. The van der Waals surface area contributed by atoms with Crippen LogP contribution < -0.4 is 0 Å². The lowest BCUT2D eigenvalue weighted by Gasteiger charge is -2.33. The lowest BCUT2D eigenvalue weighted by molar-refractivity contribution is -0.155. The summed E-state index contributed by atoms with van der Waals surface area (Å²) in [6, 6.07) is 0. The molecule has 1 aliphatic rings. The van der Waals surface area contributed by atoms with Gasteiger partial charge in [-0.25, -0.2) is 4.79 Å². The first kappa shape index (κ1) is 14.0. The van der Waals surface area contributed by atoms with Crippen LogP contribution in [0.15, 0.2) is 0 Å². The molecule has 17 heavy (non-hydrogen) atoms. The van der Waals surface area contributed by atoms with Crippen molar-refractivity contribution in [1.29, 1.82) is 0 Å². The highest BCUT2D eigenvalue weighted by Crippen LogP contribution is 2.27. The van der Waals surface area contributed by atoms with E-state index in [9.17, 15) is 9.59 Å². The summed E-state index contributed by atoms with van der Waals surface area (Å²) < 4.78 is 0. The summed E-state index contributed by atoms with van der Waals surface area (Å²) in [6.07, 6.45) is 6.36. The van der Waals surface area contributed by atoms with Gasteiger partial charge in [0.2, 0.25) is 5.91 Å². The molecule has 1 saturated carbocycles. The summed E-state index contributed by atoms with van der Waals surface area (Å²) in [5.41, 5.74) is -1.12. The SMILES string of the molecule is CN(C(=O)CC1CCCCC1)C(C)(C)C(=O)O. The van der Waals surface area contributed by atoms with Gasteiger partial charge in [0.15, 0.2) is 0 Å². The van der Waals surface area contributed by atoms with Crippen molar-refractivity contribution in [3.05, 3.63) is 0 Å². The van der Waals surface area contributed by atoms with Gasteiger partial charge in [-0.15, -0.1) is 0 Å². The molecule has 1 amide bonds. The molecule has 0 aromatic heterocycles. The second-order valence-electron chi connectivity index (χ2n) is 5.53. The van der Waals surface area contributed by atoms with Crippen LogP contribution in [0.3, 0.4) is 0 Å². The summed E-state index contributed by atoms with van der Waals surface area (Å²) in [7, 11) is 1.58. The molecule has 0 radical (unpaired) electrons. The monoisotopic (exact) mass is 241 g/mol. The van der Waals surface area contributed by atoms with Crippen LogP contribution in [0.5, 0.6) is 0 Å². The maximum absolute atomic E-state index is 12.0. The van der Waals surface area contributed by atoms with Crippen molar-refractivity contribution in [3.63, 3.8) is 0 Å². The van der Waals surface area contributed by atoms with Crippen LogP contribution in [-0.2, 0) is 9.59 Å². The van der Waals surface area contributed by atoms with E-state index in [0.717, 1.165) is 12.8 Å². The van der Waals surface area contributed by atoms with Gasteiger partial charge in [-0.05, 0) is 32.6 Å². The standard InChI is InChI=1S/C13H23NO3/c1-13(2,12(16)17)14(3)11(15)9-10-7-5-4-6-8-10/h10H,4-9H2,1-3H3,(H,16,17). The van der Waals surface area contributed by atoms with Gasteiger partial charge in [0, 0.05) is 13.5 Å². The van der Waals surface area contributed by atoms with Gasteiger partial charge in [-0.2, -0.15) is 0 Å². The molecular formula is C13H23NO3. The molecule has 0 spiro atoms. The highest BCUT2D eigenvalue weighted by molar-refractivity contribution is 5.86. The smallest absolute Gasteiger partial charge is 0.329 e. The fourth-order valence-corrected chi connectivity index (χ4v) is 2.23. The Bertz CT molecular complexity index is 293. The van der Waals surface area contributed by atoms with Crippen molar-refractivity contribution < 1.29 is 14.7 Å². The topological polar surface area (TPSA) is 57.6 Å². The number of rotatable bonds is 4. The third kappa shape index (κ3) is 3.45. The Balaban J connectivity index is 2.54. The Hall–Kier alpha value is -1.06. The second kappa shape index (κ2) is 5.52. The Morgan fingerprint density at radius 1 is 1.24 bits per heavy atom. The highest BCUT2D eigenvalue weighted by Gasteiger charge is 2.35. The van der Waals surface area contributed by atoms with Crippen LogP contribution in [0.1, 0.15) is 52.4 Å². The minimum atomic E-state index is -1.12. The van der Waals surface area contributed by atoms with E-state index >= 15 is 0 Å². The number of carboxylic acid groups (broad SMARTS) is 1. The molecule has 4 heteroatoms. The van der Waals surface area contributed by atoms with Crippen LogP contribution in [0.2, 0.25) is 0 Å². The summed E-state index contributed by atoms with van der Waals surface area (Å²) in [5.74, 6) is -0.565. The summed E-state index contributed by atoms with van der Waals surface area (Å²) >= 11 is 0. The van der Waals surface area contributed by atoms with Gasteiger partial charge in [-0.1, -0.05) is 19.3 Å². The van der Waals surface area contributed by atoms with E-state index in [0.29, 0.717) is 12.3 Å². The van der Waals surface area contributed by atoms with E-state index in [1.807, 2.05) is 0 Å². The van der Waals surface area contributed by atoms with E-state index < -0.39 is 11.5 Å². The average Bonchev–Trinajstić information content (AvgIpc) is 2.29. The minimum absolute atomic E-state index is 0.0516. The van der Waals surface area contributed by atoms with Crippen molar-refractivity contribution in [2.45, 2.75) is 57.9 Å². The van der Waals surface area contributed by atoms with Crippen LogP contribution >= 0.6 is 0 Å². The van der Waals surface area contributed by atoms with Crippen LogP contribution in [-0.4, -0.2) is 34.5 Å². The quantitative estimate of drug-likeness (QED) is 0.821. The second-order valence-corrected chi connectivity index (χ2v) is 5.53. The molecular weight excluding hydrogens is 218 g/mol. The largest absolute Gasteiger partial charge is 0.480 e. The minimum Gasteiger partial charge on any atom is -0.480 e. The van der Waals surface area contributed by atoms with Gasteiger partial charge in [-0.3, -0.25) is 4.79 Å². The Kier molecular flexibility index (Phi) is 4.54. The van der Waals surface area contributed by atoms with Crippen LogP contribution in [0, 0.1) is 5.92 Å². The molecule has 0 aromatic carbocycles. The van der Waals surface area contributed by atoms with Crippen LogP contribution in [0.25, 0.3) is 0 Å². The molecule has 98 valence electrons. The number of carbonyl (C=O) groups excluding carboxylic acids is 1. The molecule has 1 fully saturated rings. The predicted molar refractivity (Wildman–Crippen MR) is 65.7 cm³/mol. The van der Waals surface area contributed by atoms with Crippen molar-refractivity contribution in [1.82, 2.24) is 4.90 Å². The first-order chi connectivity index (χ1) is 7.85. The maximum Gasteiger partial charge on any atom is 0.329 e. The fraction of sp³-hybridized carbons (Fsp3) is 0.846. The number of hydrogen-bond acceptors (Lipinski definition) is 2. The van der Waals surface area contributed by atoms with Crippen molar-refractivity contribution in [2.75, 3.05) is 7.05 Å². The van der Waals surface area contributed by atoms with Crippen molar-refractivity contribution >= 4 is 11.9 Å². The van der Waals surface area contributed by atoms with E-state index in [4.69, 9.17) is 5.11 Å². The van der Waals surface area contributed by atoms with Gasteiger partial charge in [0.05, 0.1) is 0 Å². The third-order valence-electron chi connectivity index (χ3n) is 3.92. The lowest BCUT2D eigenvalue weighted by atomic mass is 9.86. The van der Waals surface area contributed by atoms with E-state index in [1.165, 1.54) is 24.2 Å². The lowest BCUT2D eigenvalue weighted by Crippen LogP contribution is -2.51. The molecule has 0 atom stereocenters. The van der Waals surface area contributed by atoms with Crippen molar-refractivity contribution in [2.24, 2.45) is 5.92 Å². The molecule has 0 bridgehead atoms. The zero-order chi connectivity index (χ0) is 13.1. The maximum atomic E-state index is 12.0. The first-order valence-corrected chi connectivity index (χ1v) is 6.35. The van der Waals surface area contributed by atoms with Gasteiger partial charge < -0.3 is 10.0 Å². The Morgan fingerprint density at radius 2 is 1.76 bits per heavy atom. The summed E-state index contributed by atoms with van der Waals surface area (Å²) in [6.45, 7) is 3.13. The normalized spacial score (nSPS) is 17.8. The number of likely N-dealkylation sites (N-methyl/N-ethyl adjacent to an activating group) is 1. The first-order valence-electron chi connectivity index (χ1n) is 6.35. The molecule has 0 unspecified atom stereocenters. The summed E-state index contributed by atoms with van der Waals surface area (Å²) in [4.78, 5) is 24.5. The third-order valence-corrected chi connectivity index (χ3v) is 3.92. The van der Waals surface area contributed by atoms with Crippen molar-refractivity contribution in [3.8, 4) is 0 Å². The number of nitrogens with zero attached hydrogens (tertiary/aromatic N) is 1. The Labute approximate surface area is 103 Å². The molecule has 1 rings (SSSR count). The van der Waals surface area contributed by atoms with Gasteiger partial charge in [0.25, 0.3) is 0 Å². The molecule has 0 heterocycles. The highest BCUT2D eigenvalue weighted by atomic mass is 16.4. The number of hydrogen-bond donors (Lipinski definition) is 1. The number of aliphatic carboxylic acids is 1. The zero-order valence-electron chi connectivity index (χ0n) is 11.0. The van der Waals surface area contributed by atoms with E-state index in [2.05, 4.69) is 0 Å². The molecule has 0 aliphatic heterocycles. The molecule has 0 aromatic rings. The van der Waals surface area contributed by atoms with Crippen LogP contribution in [0.4, 0.5) is 0 Å². The fourth-order valence-electron chi connectivity index (χ4n) is 2.23. The average molecular weight is 241 g/mol. The number of amides is 1. The Morgan fingerprint density at radius 3 is 2.24 bits per heavy atom. The van der Waals surface area contributed by atoms with Gasteiger partial charge >= 0.3 is 5.97 Å².